The van der Waals surface area contributed by atoms with Crippen LogP contribution in [0.3, 0.4) is 0 Å². The van der Waals surface area contributed by atoms with Crippen LogP contribution in [0.4, 0.5) is 0 Å². The number of likely N-dealkylation sites (N-methyl/N-ethyl adjacent to an activating group) is 1. The molecule has 10 heteroatoms. The average Bonchev–Trinajstić information content (AvgIpc) is 3.36. The van der Waals surface area contributed by atoms with Crippen LogP contribution in [0.1, 0.15) is 233 Å². The fourth-order valence-electron chi connectivity index (χ4n) is 7.80. The molecule has 424 valence electrons. The maximum absolute atomic E-state index is 13.5. The van der Waals surface area contributed by atoms with E-state index in [1.54, 1.807) is 0 Å². The van der Waals surface area contributed by atoms with Gasteiger partial charge in [0.05, 0.1) is 33.8 Å². The summed E-state index contributed by atoms with van der Waals surface area (Å²) in [7, 11) is 1.43. The fourth-order valence-corrected chi connectivity index (χ4v) is 8.53. The van der Waals surface area contributed by atoms with E-state index in [-0.39, 0.29) is 37.9 Å². The molecule has 0 aliphatic rings. The van der Waals surface area contributed by atoms with E-state index in [9.17, 15) is 19.0 Å². The Labute approximate surface area is 455 Å². The molecule has 0 heterocycles. The highest BCUT2D eigenvalue weighted by molar-refractivity contribution is 7.47. The Morgan fingerprint density at radius 2 is 0.838 bits per heavy atom. The van der Waals surface area contributed by atoms with E-state index in [4.69, 9.17) is 13.8 Å². The van der Waals surface area contributed by atoms with Crippen LogP contribution >= 0.6 is 7.82 Å². The molecule has 0 aliphatic heterocycles. The Bertz CT molecular complexity index is 1640. The Morgan fingerprint density at radius 1 is 0.473 bits per heavy atom. The third kappa shape index (κ3) is 53.5. The van der Waals surface area contributed by atoms with Crippen LogP contribution in [0.2, 0.25) is 0 Å². The van der Waals surface area contributed by atoms with Crippen molar-refractivity contribution in [1.29, 1.82) is 0 Å². The molecule has 1 amide bonds. The number of amides is 1. The third-order valence-corrected chi connectivity index (χ3v) is 13.4. The minimum Gasteiger partial charge on any atom is -0.456 e. The number of phosphoric ester groups is 1. The van der Waals surface area contributed by atoms with Crippen LogP contribution in [0.15, 0.2) is 109 Å². The van der Waals surface area contributed by atoms with Gasteiger partial charge in [0.2, 0.25) is 5.91 Å². The van der Waals surface area contributed by atoms with Gasteiger partial charge in [-0.25, -0.2) is 4.57 Å². The Balaban J connectivity index is 5.48. The molecular formula is C64H112N2O7P+. The van der Waals surface area contributed by atoms with Gasteiger partial charge in [0.1, 0.15) is 19.3 Å². The number of nitrogens with one attached hydrogen (secondary N) is 1. The summed E-state index contributed by atoms with van der Waals surface area (Å²) in [6.07, 6.45) is 72.3. The molecule has 0 aromatic heterocycles. The second-order valence-electron chi connectivity index (χ2n) is 20.8. The SMILES string of the molecule is CCCCC/C=C\C/C=C\C/C=C\C/C=C\CCCCCC(=O)OC(/C=C/CCCCCCCCCCCC)C(COP(=O)(O)OCC[N+](C)(C)C)NC(=O)CCC/C=C\C/C=C\C/C=C\C/C=C\CCCCC. The van der Waals surface area contributed by atoms with Gasteiger partial charge >= 0.3 is 13.8 Å². The lowest BCUT2D eigenvalue weighted by atomic mass is 10.1. The Morgan fingerprint density at radius 3 is 1.28 bits per heavy atom. The first-order valence-corrected chi connectivity index (χ1v) is 31.2. The van der Waals surface area contributed by atoms with Gasteiger partial charge in [-0.05, 0) is 115 Å². The van der Waals surface area contributed by atoms with Crippen LogP contribution in [-0.2, 0) is 27.9 Å². The van der Waals surface area contributed by atoms with E-state index in [1.807, 2.05) is 33.3 Å². The van der Waals surface area contributed by atoms with Crippen molar-refractivity contribution in [2.75, 3.05) is 40.9 Å². The van der Waals surface area contributed by atoms with Gasteiger partial charge < -0.3 is 19.4 Å². The third-order valence-electron chi connectivity index (χ3n) is 12.4. The van der Waals surface area contributed by atoms with Crippen molar-refractivity contribution in [3.8, 4) is 0 Å². The Hall–Kier alpha value is -3.33. The molecular weight excluding hydrogens is 940 g/mol. The maximum atomic E-state index is 13.5. The summed E-state index contributed by atoms with van der Waals surface area (Å²) in [6.45, 7) is 6.87. The predicted molar refractivity (Wildman–Crippen MR) is 318 cm³/mol. The quantitative estimate of drug-likeness (QED) is 0.0205. The van der Waals surface area contributed by atoms with E-state index < -0.39 is 20.0 Å². The summed E-state index contributed by atoms with van der Waals surface area (Å²) in [5.41, 5.74) is 0. The predicted octanol–water partition coefficient (Wildman–Crippen LogP) is 18.2. The number of carbonyl (C=O) groups is 2. The summed E-state index contributed by atoms with van der Waals surface area (Å²) in [6, 6.07) is -0.896. The first-order valence-electron chi connectivity index (χ1n) is 29.7. The van der Waals surface area contributed by atoms with Crippen LogP contribution in [0.5, 0.6) is 0 Å². The summed E-state index contributed by atoms with van der Waals surface area (Å²) >= 11 is 0. The first kappa shape index (κ1) is 70.7. The number of carbonyl (C=O) groups excluding carboxylic acids is 2. The largest absolute Gasteiger partial charge is 0.472 e. The van der Waals surface area contributed by atoms with Crippen molar-refractivity contribution < 1.29 is 37.3 Å². The van der Waals surface area contributed by atoms with E-state index in [1.165, 1.54) is 103 Å². The normalized spacial score (nSPS) is 14.5. The highest BCUT2D eigenvalue weighted by Crippen LogP contribution is 2.43. The second-order valence-corrected chi connectivity index (χ2v) is 22.3. The molecule has 0 fully saturated rings. The van der Waals surface area contributed by atoms with E-state index in [0.29, 0.717) is 23.9 Å². The molecule has 3 unspecified atom stereocenters. The number of esters is 1. The molecule has 3 atom stereocenters. The van der Waals surface area contributed by atoms with Crippen molar-refractivity contribution in [2.45, 2.75) is 245 Å². The van der Waals surface area contributed by atoms with Gasteiger partial charge in [0, 0.05) is 12.8 Å². The molecule has 9 nitrogen and oxygen atoms in total. The minimum atomic E-state index is -4.47. The molecule has 0 rings (SSSR count). The van der Waals surface area contributed by atoms with Crippen LogP contribution < -0.4 is 5.32 Å². The zero-order valence-electron chi connectivity index (χ0n) is 48.3. The molecule has 0 bridgehead atoms. The van der Waals surface area contributed by atoms with Crippen molar-refractivity contribution in [1.82, 2.24) is 5.32 Å². The summed E-state index contributed by atoms with van der Waals surface area (Å²) in [5.74, 6) is -0.614. The molecule has 74 heavy (non-hydrogen) atoms. The number of phosphoric acid groups is 1. The fraction of sp³-hybridized carbons (Fsp3) is 0.688. The second kappa shape index (κ2) is 53.1. The minimum absolute atomic E-state index is 0.0192. The lowest BCUT2D eigenvalue weighted by Crippen LogP contribution is -2.47. The standard InChI is InChI=1S/C64H111N2O7P/c1-7-10-13-16-19-22-25-28-30-32-33-35-37-39-42-45-48-51-54-57-64(68)73-62(55-52-49-46-43-40-27-24-21-18-15-12-9-3)61(60-72-74(69,70)71-59-58-66(4,5)6)65-63(67)56-53-50-47-44-41-38-36-34-31-29-26-23-20-17-14-11-8-2/h19-20,22-23,28-31,33,35-36,38-39,42,44,47,52,55,61-62H,7-18,21,24-27,32,34,37,40-41,43,45-46,48-51,53-54,56-60H2,1-6H3,(H-,65,67,69,70)/p+1/b22-19-,23-20-,30-28-,31-29-,35-33-,38-36-,42-39-,47-44-,55-52+. The van der Waals surface area contributed by atoms with Gasteiger partial charge in [0.15, 0.2) is 0 Å². The number of allylic oxidation sites excluding steroid dienone is 17. The lowest BCUT2D eigenvalue weighted by molar-refractivity contribution is -0.870. The van der Waals surface area contributed by atoms with E-state index >= 15 is 0 Å². The van der Waals surface area contributed by atoms with Crippen LogP contribution in [0.25, 0.3) is 0 Å². The van der Waals surface area contributed by atoms with Gasteiger partial charge in [-0.2, -0.15) is 0 Å². The number of nitrogens with zero attached hydrogens (tertiary/aromatic N) is 1. The van der Waals surface area contributed by atoms with Crippen LogP contribution in [-0.4, -0.2) is 74.3 Å². The van der Waals surface area contributed by atoms with Gasteiger partial charge in [0.25, 0.3) is 0 Å². The molecule has 0 aliphatic carbocycles. The van der Waals surface area contributed by atoms with Gasteiger partial charge in [-0.1, -0.05) is 214 Å². The molecule has 0 aromatic rings. The molecule has 0 aromatic carbocycles. The number of ether oxygens (including phenoxy) is 1. The van der Waals surface area contributed by atoms with E-state index in [2.05, 4.69) is 123 Å². The molecule has 0 radical (unpaired) electrons. The maximum Gasteiger partial charge on any atom is 0.472 e. The highest BCUT2D eigenvalue weighted by Gasteiger charge is 2.30. The van der Waals surface area contributed by atoms with Crippen molar-refractivity contribution >= 4 is 19.7 Å². The summed E-state index contributed by atoms with van der Waals surface area (Å²) < 4.78 is 30.6. The topological polar surface area (TPSA) is 111 Å². The highest BCUT2D eigenvalue weighted by atomic mass is 31.2. The average molecular weight is 1050 g/mol. The van der Waals surface area contributed by atoms with Gasteiger partial charge in [-0.3, -0.25) is 18.6 Å². The number of rotatable bonds is 52. The molecule has 2 N–H and O–H groups in total. The molecule has 0 saturated heterocycles. The van der Waals surface area contributed by atoms with Crippen molar-refractivity contribution in [3.63, 3.8) is 0 Å². The van der Waals surface area contributed by atoms with E-state index in [0.717, 1.165) is 83.5 Å². The van der Waals surface area contributed by atoms with Crippen molar-refractivity contribution in [3.05, 3.63) is 109 Å². The first-order chi connectivity index (χ1) is 35.9. The Kier molecular flexibility index (Phi) is 50.7. The van der Waals surface area contributed by atoms with Crippen LogP contribution in [0, 0.1) is 0 Å². The zero-order chi connectivity index (χ0) is 54.3. The number of quaternary nitrogens is 1. The van der Waals surface area contributed by atoms with Crippen molar-refractivity contribution in [2.24, 2.45) is 0 Å². The summed E-state index contributed by atoms with van der Waals surface area (Å²) in [5, 5.41) is 3.01. The zero-order valence-corrected chi connectivity index (χ0v) is 49.2. The molecule has 0 saturated carbocycles. The molecule has 0 spiro atoms. The van der Waals surface area contributed by atoms with Gasteiger partial charge in [-0.15, -0.1) is 0 Å². The lowest BCUT2D eigenvalue weighted by Gasteiger charge is -2.27. The number of hydrogen-bond acceptors (Lipinski definition) is 6. The smallest absolute Gasteiger partial charge is 0.456 e. The summed E-state index contributed by atoms with van der Waals surface area (Å²) in [4.78, 5) is 37.6. The number of hydrogen-bond donors (Lipinski definition) is 2. The number of unbranched alkanes of at least 4 members (excludes halogenated alkanes) is 20. The monoisotopic (exact) mass is 1050 g/mol.